The molecule has 0 saturated heterocycles. The second-order valence-electron chi connectivity index (χ2n) is 4.60. The number of nitrogens with one attached hydrogen (secondary N) is 1. The highest BCUT2D eigenvalue weighted by atomic mass is 19.4. The standard InChI is InChI=1S/C12H13F3N2O/c13-12(14,15)7-8-2-1-3-9(6-8)17-10(18)11(16)4-5-11/h1-3,6H,4-5,7,16H2,(H,17,18). The SMILES string of the molecule is NC1(C(=O)Nc2cccc(CC(F)(F)F)c2)CC1. The highest BCUT2D eigenvalue weighted by Gasteiger charge is 2.45. The fourth-order valence-electron chi connectivity index (χ4n) is 1.61. The molecule has 0 atom stereocenters. The molecule has 1 aliphatic carbocycles. The molecule has 0 spiro atoms. The Hall–Kier alpha value is -1.56. The van der Waals surface area contributed by atoms with Gasteiger partial charge in [-0.2, -0.15) is 13.2 Å². The van der Waals surface area contributed by atoms with Crippen LogP contribution in [0.1, 0.15) is 18.4 Å². The predicted octanol–water partition coefficient (Wildman–Crippen LogP) is 2.22. The first kappa shape index (κ1) is 12.9. The maximum absolute atomic E-state index is 12.2. The Morgan fingerprint density at radius 1 is 1.39 bits per heavy atom. The molecule has 0 aromatic heterocycles. The number of hydrogen-bond acceptors (Lipinski definition) is 2. The van der Waals surface area contributed by atoms with Crippen molar-refractivity contribution >= 4 is 11.6 Å². The molecule has 98 valence electrons. The molecule has 18 heavy (non-hydrogen) atoms. The van der Waals surface area contributed by atoms with Crippen LogP contribution in [0.3, 0.4) is 0 Å². The number of carbonyl (C=O) groups is 1. The molecule has 6 heteroatoms. The summed E-state index contributed by atoms with van der Waals surface area (Å²) in [7, 11) is 0. The number of alkyl halides is 3. The number of hydrogen-bond donors (Lipinski definition) is 2. The minimum absolute atomic E-state index is 0.113. The molecule has 0 aliphatic heterocycles. The third-order valence-corrected chi connectivity index (χ3v) is 2.83. The third kappa shape index (κ3) is 3.22. The van der Waals surface area contributed by atoms with E-state index in [4.69, 9.17) is 5.73 Å². The van der Waals surface area contributed by atoms with Gasteiger partial charge in [-0.3, -0.25) is 4.79 Å². The molecule has 1 saturated carbocycles. The first-order chi connectivity index (χ1) is 8.28. The Bertz CT molecular complexity index is 467. The minimum Gasteiger partial charge on any atom is -0.324 e. The van der Waals surface area contributed by atoms with Crippen molar-refractivity contribution < 1.29 is 18.0 Å². The van der Waals surface area contributed by atoms with Gasteiger partial charge in [0.2, 0.25) is 5.91 Å². The summed E-state index contributed by atoms with van der Waals surface area (Å²) in [5.41, 5.74) is 5.31. The number of rotatable bonds is 3. The van der Waals surface area contributed by atoms with Crippen LogP contribution in [0.4, 0.5) is 18.9 Å². The van der Waals surface area contributed by atoms with E-state index in [2.05, 4.69) is 5.32 Å². The molecule has 0 heterocycles. The van der Waals surface area contributed by atoms with E-state index >= 15 is 0 Å². The molecule has 1 amide bonds. The summed E-state index contributed by atoms with van der Waals surface area (Å²) in [5.74, 6) is -0.341. The van der Waals surface area contributed by atoms with Gasteiger partial charge in [0, 0.05) is 5.69 Å². The van der Waals surface area contributed by atoms with Gasteiger partial charge >= 0.3 is 6.18 Å². The number of carbonyl (C=O) groups excluding carboxylic acids is 1. The van der Waals surface area contributed by atoms with Crippen molar-refractivity contribution in [3.05, 3.63) is 29.8 Å². The molecular weight excluding hydrogens is 245 g/mol. The molecule has 1 aromatic rings. The highest BCUT2D eigenvalue weighted by Crippen LogP contribution is 2.33. The van der Waals surface area contributed by atoms with E-state index < -0.39 is 18.1 Å². The van der Waals surface area contributed by atoms with Gasteiger partial charge in [-0.15, -0.1) is 0 Å². The lowest BCUT2D eigenvalue weighted by Gasteiger charge is -2.12. The van der Waals surface area contributed by atoms with Crippen molar-refractivity contribution in [2.45, 2.75) is 31.0 Å². The maximum Gasteiger partial charge on any atom is 0.393 e. The van der Waals surface area contributed by atoms with E-state index in [1.54, 1.807) is 6.07 Å². The van der Waals surface area contributed by atoms with Crippen molar-refractivity contribution in [3.8, 4) is 0 Å². The molecule has 1 fully saturated rings. The lowest BCUT2D eigenvalue weighted by atomic mass is 10.1. The quantitative estimate of drug-likeness (QED) is 0.873. The van der Waals surface area contributed by atoms with Gasteiger partial charge in [-0.25, -0.2) is 0 Å². The monoisotopic (exact) mass is 258 g/mol. The third-order valence-electron chi connectivity index (χ3n) is 2.83. The second-order valence-corrected chi connectivity index (χ2v) is 4.60. The minimum atomic E-state index is -4.26. The summed E-state index contributed by atoms with van der Waals surface area (Å²) in [6.45, 7) is 0. The van der Waals surface area contributed by atoms with Crippen molar-refractivity contribution in [1.29, 1.82) is 0 Å². The van der Waals surface area contributed by atoms with Crippen LogP contribution in [-0.4, -0.2) is 17.6 Å². The van der Waals surface area contributed by atoms with Gasteiger partial charge in [-0.1, -0.05) is 12.1 Å². The zero-order valence-electron chi connectivity index (χ0n) is 9.55. The van der Waals surface area contributed by atoms with Crippen LogP contribution in [0.2, 0.25) is 0 Å². The first-order valence-electron chi connectivity index (χ1n) is 5.55. The Kier molecular flexibility index (Phi) is 3.06. The molecular formula is C12H13F3N2O. The highest BCUT2D eigenvalue weighted by molar-refractivity contribution is 6.00. The molecule has 2 rings (SSSR count). The summed E-state index contributed by atoms with van der Waals surface area (Å²) in [5, 5.41) is 2.54. The Balaban J connectivity index is 2.05. The van der Waals surface area contributed by atoms with E-state index in [9.17, 15) is 18.0 Å². The van der Waals surface area contributed by atoms with Crippen LogP contribution in [0.15, 0.2) is 24.3 Å². The molecule has 0 radical (unpaired) electrons. The molecule has 0 unspecified atom stereocenters. The smallest absolute Gasteiger partial charge is 0.324 e. The van der Waals surface area contributed by atoms with Gasteiger partial charge in [0.25, 0.3) is 0 Å². The molecule has 3 N–H and O–H groups in total. The zero-order valence-corrected chi connectivity index (χ0v) is 9.55. The van der Waals surface area contributed by atoms with Gasteiger partial charge in [0.15, 0.2) is 0 Å². The van der Waals surface area contributed by atoms with Gasteiger partial charge < -0.3 is 11.1 Å². The number of halogens is 3. The Morgan fingerprint density at radius 3 is 2.61 bits per heavy atom. The number of benzene rings is 1. The summed E-state index contributed by atoms with van der Waals surface area (Å²) < 4.78 is 36.7. The van der Waals surface area contributed by atoms with Gasteiger partial charge in [0.05, 0.1) is 12.0 Å². The number of nitrogens with two attached hydrogens (primary N) is 1. The van der Waals surface area contributed by atoms with Crippen LogP contribution in [0, 0.1) is 0 Å². The topological polar surface area (TPSA) is 55.1 Å². The lowest BCUT2D eigenvalue weighted by molar-refractivity contribution is -0.127. The average molecular weight is 258 g/mol. The van der Waals surface area contributed by atoms with Crippen molar-refractivity contribution in [3.63, 3.8) is 0 Å². The van der Waals surface area contributed by atoms with E-state index in [-0.39, 0.29) is 11.5 Å². The predicted molar refractivity (Wildman–Crippen MR) is 61.0 cm³/mol. The summed E-state index contributed by atoms with van der Waals surface area (Å²) in [6.07, 6.45) is -4.04. The molecule has 1 aromatic carbocycles. The van der Waals surface area contributed by atoms with Crippen molar-refractivity contribution in [2.24, 2.45) is 5.73 Å². The number of amides is 1. The van der Waals surface area contributed by atoms with Crippen molar-refractivity contribution in [2.75, 3.05) is 5.32 Å². The van der Waals surface area contributed by atoms with Crippen LogP contribution in [0.5, 0.6) is 0 Å². The summed E-state index contributed by atoms with van der Waals surface area (Å²) in [4.78, 5) is 11.6. The second kappa shape index (κ2) is 4.28. The van der Waals surface area contributed by atoms with Gasteiger partial charge in [0.1, 0.15) is 0 Å². The van der Waals surface area contributed by atoms with Crippen LogP contribution < -0.4 is 11.1 Å². The Labute approximate surface area is 102 Å². The van der Waals surface area contributed by atoms with E-state index in [1.807, 2.05) is 0 Å². The fourth-order valence-corrected chi connectivity index (χ4v) is 1.61. The average Bonchev–Trinajstić information content (AvgIpc) is 2.95. The largest absolute Gasteiger partial charge is 0.393 e. The molecule has 1 aliphatic rings. The van der Waals surface area contributed by atoms with Crippen LogP contribution in [0.25, 0.3) is 0 Å². The lowest BCUT2D eigenvalue weighted by Crippen LogP contribution is -2.37. The fraction of sp³-hybridized carbons (Fsp3) is 0.417. The van der Waals surface area contributed by atoms with E-state index in [0.29, 0.717) is 18.5 Å². The van der Waals surface area contributed by atoms with E-state index in [0.717, 1.165) is 0 Å². The molecule has 0 bridgehead atoms. The van der Waals surface area contributed by atoms with Crippen LogP contribution >= 0.6 is 0 Å². The molecule has 3 nitrogen and oxygen atoms in total. The normalized spacial score (nSPS) is 17.3. The Morgan fingerprint density at radius 2 is 2.06 bits per heavy atom. The van der Waals surface area contributed by atoms with Gasteiger partial charge in [-0.05, 0) is 30.5 Å². The maximum atomic E-state index is 12.2. The zero-order chi connectivity index (χ0) is 13.4. The summed E-state index contributed by atoms with van der Waals surface area (Å²) >= 11 is 0. The van der Waals surface area contributed by atoms with E-state index in [1.165, 1.54) is 18.2 Å². The first-order valence-corrected chi connectivity index (χ1v) is 5.55. The van der Waals surface area contributed by atoms with Crippen LogP contribution in [-0.2, 0) is 11.2 Å². The van der Waals surface area contributed by atoms with Crippen molar-refractivity contribution in [1.82, 2.24) is 0 Å². The number of anilines is 1. The summed E-state index contributed by atoms with van der Waals surface area (Å²) in [6, 6.07) is 5.71.